The number of hydrogen-bond acceptors (Lipinski definition) is 1. The second kappa shape index (κ2) is 12.8. The summed E-state index contributed by atoms with van der Waals surface area (Å²) in [5.74, 6) is -5.56. The van der Waals surface area contributed by atoms with Gasteiger partial charge >= 0.3 is 11.9 Å². The summed E-state index contributed by atoms with van der Waals surface area (Å²) in [6.45, 7) is 0. The number of aryl methyl sites for hydroxylation is 1. The van der Waals surface area contributed by atoms with Crippen molar-refractivity contribution in [2.75, 3.05) is 0 Å². The Bertz CT molecular complexity index is 460. The summed E-state index contributed by atoms with van der Waals surface area (Å²) >= 11 is 0. The molecule has 0 aliphatic carbocycles. The van der Waals surface area contributed by atoms with Gasteiger partial charge in [0.15, 0.2) is 0 Å². The highest BCUT2D eigenvalue weighted by Gasteiger charge is 2.37. The Morgan fingerprint density at radius 1 is 0.760 bits per heavy atom. The van der Waals surface area contributed by atoms with E-state index in [1.165, 1.54) is 50.5 Å². The number of carbonyl (C=O) groups is 1. The standard InChI is InChI=1S/C21H32F2O2/c22-21(23,20(24)25)18-14-9-7-5-3-1-2-4-6-8-11-15-19-16-12-10-13-17-19/h10,12-13,16-17H,1-9,11,14-15,18H2,(H,24,25). The fraction of sp³-hybridized carbons (Fsp3) is 0.667. The van der Waals surface area contributed by atoms with Crippen molar-refractivity contribution in [2.45, 2.75) is 89.4 Å². The molecule has 0 atom stereocenters. The molecule has 0 heterocycles. The molecular formula is C21H32F2O2. The van der Waals surface area contributed by atoms with E-state index in [0.29, 0.717) is 12.8 Å². The van der Waals surface area contributed by atoms with Crippen molar-refractivity contribution < 1.29 is 18.7 Å². The zero-order chi connectivity index (χ0) is 18.4. The first-order chi connectivity index (χ1) is 12.0. The van der Waals surface area contributed by atoms with Gasteiger partial charge in [-0.15, -0.1) is 0 Å². The lowest BCUT2D eigenvalue weighted by molar-refractivity contribution is -0.165. The van der Waals surface area contributed by atoms with E-state index in [1.807, 2.05) is 0 Å². The highest BCUT2D eigenvalue weighted by molar-refractivity contribution is 5.75. The van der Waals surface area contributed by atoms with Gasteiger partial charge in [0.2, 0.25) is 0 Å². The summed E-state index contributed by atoms with van der Waals surface area (Å²) in [6, 6.07) is 10.6. The van der Waals surface area contributed by atoms with E-state index < -0.39 is 18.3 Å². The highest BCUT2D eigenvalue weighted by atomic mass is 19.3. The van der Waals surface area contributed by atoms with Gasteiger partial charge in [-0.05, 0) is 24.8 Å². The van der Waals surface area contributed by atoms with Crippen LogP contribution in [0.4, 0.5) is 8.78 Å². The van der Waals surface area contributed by atoms with E-state index in [0.717, 1.165) is 19.3 Å². The van der Waals surface area contributed by atoms with Crippen LogP contribution >= 0.6 is 0 Å². The Morgan fingerprint density at radius 2 is 1.20 bits per heavy atom. The molecule has 0 radical (unpaired) electrons. The molecule has 4 heteroatoms. The van der Waals surface area contributed by atoms with Gasteiger partial charge in [-0.25, -0.2) is 4.79 Å². The smallest absolute Gasteiger partial charge is 0.374 e. The average Bonchev–Trinajstić information content (AvgIpc) is 2.59. The molecule has 0 saturated heterocycles. The van der Waals surface area contributed by atoms with Crippen molar-refractivity contribution in [1.29, 1.82) is 0 Å². The lowest BCUT2D eigenvalue weighted by atomic mass is 10.0. The molecular weight excluding hydrogens is 322 g/mol. The summed E-state index contributed by atoms with van der Waals surface area (Å²) in [5.41, 5.74) is 1.42. The Hall–Kier alpha value is -1.45. The first-order valence-electron chi connectivity index (χ1n) is 9.67. The number of hydrogen-bond donors (Lipinski definition) is 1. The third-order valence-corrected chi connectivity index (χ3v) is 4.61. The van der Waals surface area contributed by atoms with Crippen molar-refractivity contribution in [3.05, 3.63) is 35.9 Å². The van der Waals surface area contributed by atoms with Gasteiger partial charge in [-0.1, -0.05) is 88.1 Å². The van der Waals surface area contributed by atoms with E-state index in [1.54, 1.807) is 0 Å². The van der Waals surface area contributed by atoms with Crippen LogP contribution in [-0.2, 0) is 11.2 Å². The molecule has 1 aromatic carbocycles. The Morgan fingerprint density at radius 3 is 1.68 bits per heavy atom. The predicted octanol–water partition coefficient (Wildman–Crippen LogP) is 6.63. The van der Waals surface area contributed by atoms with Crippen LogP contribution < -0.4 is 0 Å². The number of benzene rings is 1. The quantitative estimate of drug-likeness (QED) is 0.359. The van der Waals surface area contributed by atoms with Crippen LogP contribution in [0.2, 0.25) is 0 Å². The number of halogens is 2. The molecule has 2 nitrogen and oxygen atoms in total. The molecule has 25 heavy (non-hydrogen) atoms. The van der Waals surface area contributed by atoms with E-state index in [-0.39, 0.29) is 0 Å². The van der Waals surface area contributed by atoms with Crippen molar-refractivity contribution in [3.63, 3.8) is 0 Å². The second-order valence-corrected chi connectivity index (χ2v) is 6.88. The Labute approximate surface area is 150 Å². The van der Waals surface area contributed by atoms with Crippen molar-refractivity contribution in [1.82, 2.24) is 0 Å². The minimum absolute atomic E-state index is 0.292. The number of unbranched alkanes of at least 4 members (excludes halogenated alkanes) is 10. The predicted molar refractivity (Wildman–Crippen MR) is 98.1 cm³/mol. The molecule has 142 valence electrons. The van der Waals surface area contributed by atoms with Crippen LogP contribution in [0.3, 0.4) is 0 Å². The Kier molecular flexibility index (Phi) is 11.1. The van der Waals surface area contributed by atoms with Gasteiger partial charge in [-0.2, -0.15) is 8.78 Å². The largest absolute Gasteiger partial charge is 0.477 e. The number of rotatable bonds is 15. The minimum atomic E-state index is -3.56. The monoisotopic (exact) mass is 354 g/mol. The van der Waals surface area contributed by atoms with Gasteiger partial charge in [-0.3, -0.25) is 0 Å². The second-order valence-electron chi connectivity index (χ2n) is 6.88. The van der Waals surface area contributed by atoms with Gasteiger partial charge in [0.05, 0.1) is 0 Å². The molecule has 1 aromatic rings. The molecule has 1 N–H and O–H groups in total. The van der Waals surface area contributed by atoms with Crippen molar-refractivity contribution in [3.8, 4) is 0 Å². The third kappa shape index (κ3) is 10.9. The van der Waals surface area contributed by atoms with Crippen LogP contribution in [0.25, 0.3) is 0 Å². The summed E-state index contributed by atoms with van der Waals surface area (Å²) < 4.78 is 25.7. The fourth-order valence-electron chi connectivity index (χ4n) is 3.02. The molecule has 0 fully saturated rings. The van der Waals surface area contributed by atoms with Crippen LogP contribution in [0.5, 0.6) is 0 Å². The summed E-state index contributed by atoms with van der Waals surface area (Å²) in [5, 5.41) is 8.33. The molecule has 0 aromatic heterocycles. The van der Waals surface area contributed by atoms with Crippen molar-refractivity contribution in [2.24, 2.45) is 0 Å². The van der Waals surface area contributed by atoms with Gasteiger partial charge in [0, 0.05) is 6.42 Å². The average molecular weight is 354 g/mol. The minimum Gasteiger partial charge on any atom is -0.477 e. The number of alkyl halides is 2. The van der Waals surface area contributed by atoms with Crippen LogP contribution in [-0.4, -0.2) is 17.0 Å². The topological polar surface area (TPSA) is 37.3 Å². The molecule has 0 bridgehead atoms. The summed E-state index contributed by atoms with van der Waals surface area (Å²) in [4.78, 5) is 10.3. The van der Waals surface area contributed by atoms with E-state index in [2.05, 4.69) is 30.3 Å². The normalized spacial score (nSPS) is 11.6. The fourth-order valence-corrected chi connectivity index (χ4v) is 3.02. The first kappa shape index (κ1) is 21.6. The van der Waals surface area contributed by atoms with Crippen LogP contribution in [0.1, 0.15) is 82.6 Å². The maximum absolute atomic E-state index is 12.8. The summed E-state index contributed by atoms with van der Waals surface area (Å²) in [7, 11) is 0. The molecule has 0 amide bonds. The number of aliphatic carboxylic acids is 1. The molecule has 0 saturated carbocycles. The zero-order valence-electron chi connectivity index (χ0n) is 15.2. The Balaban J connectivity index is 1.81. The van der Waals surface area contributed by atoms with E-state index >= 15 is 0 Å². The molecule has 0 aliphatic heterocycles. The zero-order valence-corrected chi connectivity index (χ0v) is 15.2. The first-order valence-corrected chi connectivity index (χ1v) is 9.67. The molecule has 1 rings (SSSR count). The molecule has 0 spiro atoms. The van der Waals surface area contributed by atoms with Crippen molar-refractivity contribution >= 4 is 5.97 Å². The highest BCUT2D eigenvalue weighted by Crippen LogP contribution is 2.22. The van der Waals surface area contributed by atoms with Gasteiger partial charge in [0.1, 0.15) is 0 Å². The van der Waals surface area contributed by atoms with E-state index in [4.69, 9.17) is 5.11 Å². The van der Waals surface area contributed by atoms with E-state index in [9.17, 15) is 13.6 Å². The number of carboxylic acids is 1. The number of carboxylic acid groups (broad SMARTS) is 1. The lowest BCUT2D eigenvalue weighted by Crippen LogP contribution is -2.27. The summed E-state index contributed by atoms with van der Waals surface area (Å²) in [6.07, 6.45) is 12.3. The molecule has 0 aliphatic rings. The van der Waals surface area contributed by atoms with Crippen LogP contribution in [0.15, 0.2) is 30.3 Å². The van der Waals surface area contributed by atoms with Gasteiger partial charge in [0.25, 0.3) is 0 Å². The lowest BCUT2D eigenvalue weighted by Gasteiger charge is -2.10. The maximum Gasteiger partial charge on any atom is 0.374 e. The van der Waals surface area contributed by atoms with Gasteiger partial charge < -0.3 is 5.11 Å². The van der Waals surface area contributed by atoms with Crippen LogP contribution in [0, 0.1) is 0 Å². The third-order valence-electron chi connectivity index (χ3n) is 4.61. The molecule has 0 unspecified atom stereocenters. The maximum atomic E-state index is 12.8. The SMILES string of the molecule is O=C(O)C(F)(F)CCCCCCCCCCCCCc1ccccc1.